The number of nitrogens with two attached hydrogens (primary N) is 1. The van der Waals surface area contributed by atoms with E-state index in [9.17, 15) is 4.79 Å². The molecule has 0 radical (unpaired) electrons. The lowest BCUT2D eigenvalue weighted by atomic mass is 9.80. The van der Waals surface area contributed by atoms with Crippen molar-refractivity contribution >= 4 is 5.91 Å². The smallest absolute Gasteiger partial charge is 0.222 e. The molecular weight excluding hydrogens is 240 g/mol. The molecule has 2 rings (SSSR count). The number of aliphatic hydroxyl groups excluding tert-OH is 1. The second-order valence-corrected chi connectivity index (χ2v) is 6.33. The molecule has 19 heavy (non-hydrogen) atoms. The SMILES string of the molecule is NCC1CCC(CC(=O)N2CCC(CCO)C2)CC1. The van der Waals surface area contributed by atoms with E-state index < -0.39 is 0 Å². The fourth-order valence-corrected chi connectivity index (χ4v) is 3.52. The van der Waals surface area contributed by atoms with Crippen LogP contribution < -0.4 is 5.73 Å². The molecule has 0 aromatic carbocycles. The minimum absolute atomic E-state index is 0.246. The molecule has 1 amide bonds. The second-order valence-electron chi connectivity index (χ2n) is 6.33. The van der Waals surface area contributed by atoms with Crippen molar-refractivity contribution < 1.29 is 9.90 Å². The maximum absolute atomic E-state index is 12.3. The van der Waals surface area contributed by atoms with E-state index in [-0.39, 0.29) is 6.61 Å². The van der Waals surface area contributed by atoms with Gasteiger partial charge in [0, 0.05) is 26.1 Å². The predicted molar refractivity (Wildman–Crippen MR) is 75.5 cm³/mol. The van der Waals surface area contributed by atoms with Gasteiger partial charge < -0.3 is 15.7 Å². The molecule has 0 spiro atoms. The molecule has 1 aliphatic carbocycles. The van der Waals surface area contributed by atoms with Gasteiger partial charge in [-0.05, 0) is 62.8 Å². The average Bonchev–Trinajstić information content (AvgIpc) is 2.89. The van der Waals surface area contributed by atoms with Gasteiger partial charge in [-0.1, -0.05) is 0 Å². The van der Waals surface area contributed by atoms with Gasteiger partial charge in [0.15, 0.2) is 0 Å². The number of hydrogen-bond acceptors (Lipinski definition) is 3. The molecule has 1 saturated heterocycles. The zero-order valence-corrected chi connectivity index (χ0v) is 11.9. The van der Waals surface area contributed by atoms with Crippen molar-refractivity contribution in [2.75, 3.05) is 26.2 Å². The van der Waals surface area contributed by atoms with Crippen LogP contribution in [0.15, 0.2) is 0 Å². The summed E-state index contributed by atoms with van der Waals surface area (Å²) in [6.07, 6.45) is 7.35. The van der Waals surface area contributed by atoms with E-state index in [0.29, 0.717) is 23.7 Å². The average molecular weight is 268 g/mol. The third kappa shape index (κ3) is 4.18. The fraction of sp³-hybridized carbons (Fsp3) is 0.933. The molecule has 4 heteroatoms. The van der Waals surface area contributed by atoms with Crippen LogP contribution in [0.3, 0.4) is 0 Å². The summed E-state index contributed by atoms with van der Waals surface area (Å²) in [6, 6.07) is 0. The van der Waals surface area contributed by atoms with Gasteiger partial charge in [0.2, 0.25) is 5.91 Å². The Bertz CT molecular complexity index is 288. The minimum Gasteiger partial charge on any atom is -0.396 e. The van der Waals surface area contributed by atoms with Crippen LogP contribution in [-0.2, 0) is 4.79 Å². The summed E-state index contributed by atoms with van der Waals surface area (Å²) in [4.78, 5) is 14.3. The highest BCUT2D eigenvalue weighted by Gasteiger charge is 2.28. The van der Waals surface area contributed by atoms with Crippen LogP contribution in [0, 0.1) is 17.8 Å². The number of amides is 1. The highest BCUT2D eigenvalue weighted by atomic mass is 16.3. The van der Waals surface area contributed by atoms with Gasteiger partial charge in [0.25, 0.3) is 0 Å². The quantitative estimate of drug-likeness (QED) is 0.791. The van der Waals surface area contributed by atoms with Gasteiger partial charge in [-0.2, -0.15) is 0 Å². The van der Waals surface area contributed by atoms with Gasteiger partial charge in [-0.3, -0.25) is 4.79 Å². The lowest BCUT2D eigenvalue weighted by Gasteiger charge is -2.28. The van der Waals surface area contributed by atoms with E-state index in [4.69, 9.17) is 10.8 Å². The summed E-state index contributed by atoms with van der Waals surface area (Å²) in [7, 11) is 0. The second kappa shape index (κ2) is 7.25. The molecule has 2 fully saturated rings. The number of nitrogens with zero attached hydrogens (tertiary/aromatic N) is 1. The molecule has 4 nitrogen and oxygen atoms in total. The maximum Gasteiger partial charge on any atom is 0.222 e. The highest BCUT2D eigenvalue weighted by molar-refractivity contribution is 5.76. The molecule has 1 heterocycles. The standard InChI is InChI=1S/C15H28N2O2/c16-10-13-3-1-12(2-4-13)9-15(19)17-7-5-14(11-17)6-8-18/h12-14,18H,1-11,16H2. The summed E-state index contributed by atoms with van der Waals surface area (Å²) in [6.45, 7) is 2.80. The van der Waals surface area contributed by atoms with Crippen LogP contribution in [-0.4, -0.2) is 42.2 Å². The number of carbonyl (C=O) groups excluding carboxylic acids is 1. The van der Waals surface area contributed by atoms with Crippen molar-refractivity contribution in [3.05, 3.63) is 0 Å². The van der Waals surface area contributed by atoms with Crippen molar-refractivity contribution in [2.45, 2.75) is 44.9 Å². The summed E-state index contributed by atoms with van der Waals surface area (Å²) in [5.41, 5.74) is 5.70. The fourth-order valence-electron chi connectivity index (χ4n) is 3.52. The molecule has 110 valence electrons. The van der Waals surface area contributed by atoms with E-state index in [1.54, 1.807) is 0 Å². The minimum atomic E-state index is 0.246. The van der Waals surface area contributed by atoms with Crippen LogP contribution in [0.25, 0.3) is 0 Å². The number of hydrogen-bond donors (Lipinski definition) is 2. The van der Waals surface area contributed by atoms with Crippen molar-refractivity contribution in [1.29, 1.82) is 0 Å². The number of carbonyl (C=O) groups is 1. The Labute approximate surface area is 116 Å². The topological polar surface area (TPSA) is 66.6 Å². The number of aliphatic hydroxyl groups is 1. The maximum atomic E-state index is 12.3. The Morgan fingerprint density at radius 2 is 1.79 bits per heavy atom. The van der Waals surface area contributed by atoms with Crippen molar-refractivity contribution in [3.63, 3.8) is 0 Å². The van der Waals surface area contributed by atoms with Crippen molar-refractivity contribution in [1.82, 2.24) is 4.90 Å². The first-order chi connectivity index (χ1) is 9.22. The van der Waals surface area contributed by atoms with Crippen LogP contribution in [0.2, 0.25) is 0 Å². The van der Waals surface area contributed by atoms with Crippen LogP contribution >= 0.6 is 0 Å². The summed E-state index contributed by atoms with van der Waals surface area (Å²) in [5.74, 6) is 2.11. The molecule has 3 N–H and O–H groups in total. The Kier molecular flexibility index (Phi) is 5.64. The highest BCUT2D eigenvalue weighted by Crippen LogP contribution is 2.31. The zero-order valence-electron chi connectivity index (χ0n) is 11.9. The molecule has 2 aliphatic rings. The largest absolute Gasteiger partial charge is 0.396 e. The monoisotopic (exact) mass is 268 g/mol. The number of rotatable bonds is 5. The molecule has 0 aromatic heterocycles. The van der Waals surface area contributed by atoms with Gasteiger partial charge in [0.1, 0.15) is 0 Å². The van der Waals surface area contributed by atoms with Gasteiger partial charge in [-0.25, -0.2) is 0 Å². The molecule has 1 aliphatic heterocycles. The van der Waals surface area contributed by atoms with E-state index in [0.717, 1.165) is 38.9 Å². The molecule has 0 bridgehead atoms. The van der Waals surface area contributed by atoms with Gasteiger partial charge in [-0.15, -0.1) is 0 Å². The Morgan fingerprint density at radius 3 is 2.42 bits per heavy atom. The third-order valence-electron chi connectivity index (χ3n) is 4.94. The van der Waals surface area contributed by atoms with E-state index in [2.05, 4.69) is 0 Å². The molecule has 0 aromatic rings. The van der Waals surface area contributed by atoms with Crippen LogP contribution in [0.4, 0.5) is 0 Å². The normalized spacial score (nSPS) is 31.7. The van der Waals surface area contributed by atoms with Crippen molar-refractivity contribution in [3.8, 4) is 0 Å². The number of likely N-dealkylation sites (tertiary alicyclic amines) is 1. The van der Waals surface area contributed by atoms with E-state index >= 15 is 0 Å². The zero-order chi connectivity index (χ0) is 13.7. The Balaban J connectivity index is 1.70. The molecule has 1 atom stereocenters. The molecule has 1 unspecified atom stereocenters. The third-order valence-corrected chi connectivity index (χ3v) is 4.94. The van der Waals surface area contributed by atoms with E-state index in [1.807, 2.05) is 4.90 Å². The predicted octanol–water partition coefficient (Wildman–Crippen LogP) is 1.37. The summed E-state index contributed by atoms with van der Waals surface area (Å²) in [5, 5.41) is 8.95. The lowest BCUT2D eigenvalue weighted by Crippen LogP contribution is -2.31. The first-order valence-electron chi connectivity index (χ1n) is 7.81. The molecule has 1 saturated carbocycles. The first-order valence-corrected chi connectivity index (χ1v) is 7.81. The first kappa shape index (κ1) is 14.8. The Hall–Kier alpha value is -0.610. The van der Waals surface area contributed by atoms with Crippen LogP contribution in [0.1, 0.15) is 44.9 Å². The van der Waals surface area contributed by atoms with Gasteiger partial charge in [0.05, 0.1) is 0 Å². The van der Waals surface area contributed by atoms with E-state index in [1.165, 1.54) is 25.7 Å². The summed E-state index contributed by atoms with van der Waals surface area (Å²) < 4.78 is 0. The Morgan fingerprint density at radius 1 is 1.11 bits per heavy atom. The van der Waals surface area contributed by atoms with Crippen molar-refractivity contribution in [2.24, 2.45) is 23.5 Å². The van der Waals surface area contributed by atoms with Crippen LogP contribution in [0.5, 0.6) is 0 Å². The summed E-state index contributed by atoms with van der Waals surface area (Å²) >= 11 is 0. The lowest BCUT2D eigenvalue weighted by molar-refractivity contribution is -0.131. The van der Waals surface area contributed by atoms with Gasteiger partial charge >= 0.3 is 0 Å². The molecular formula is C15H28N2O2.